The van der Waals surface area contributed by atoms with E-state index in [0.29, 0.717) is 29.7 Å². The molecule has 12 heteroatoms. The summed E-state index contributed by atoms with van der Waals surface area (Å²) in [5, 5.41) is 15.1. The standard InChI is InChI=1S/C26H26F3N3O6/c1-2-7-17-19(11-10-18-21(17)31-38-22(18)26(27,28)29)37-15-6-14-32-24(36)30-23(35)25(32,13-12-20(33)34)16-8-4-3-5-9-16/h3-5,8-11H,2,6-7,12-15H2,1H3,(H,33,34)(H,30,35,36). The molecule has 0 bridgehead atoms. The summed E-state index contributed by atoms with van der Waals surface area (Å²) in [6, 6.07) is 10.5. The predicted octanol–water partition coefficient (Wildman–Crippen LogP) is 4.88. The van der Waals surface area contributed by atoms with Crippen LogP contribution in [-0.2, 0) is 27.7 Å². The average molecular weight is 534 g/mol. The van der Waals surface area contributed by atoms with Crippen molar-refractivity contribution in [2.24, 2.45) is 0 Å². The Balaban J connectivity index is 1.53. The van der Waals surface area contributed by atoms with Crippen molar-refractivity contribution < 1.29 is 41.9 Å². The number of carbonyl (C=O) groups excluding carboxylic acids is 2. The fourth-order valence-corrected chi connectivity index (χ4v) is 4.82. The summed E-state index contributed by atoms with van der Waals surface area (Å²) in [5.41, 5.74) is -0.429. The fourth-order valence-electron chi connectivity index (χ4n) is 4.82. The molecule has 3 aromatic rings. The summed E-state index contributed by atoms with van der Waals surface area (Å²) >= 11 is 0. The number of rotatable bonds is 11. The van der Waals surface area contributed by atoms with Gasteiger partial charge in [0, 0.05) is 18.5 Å². The van der Waals surface area contributed by atoms with Crippen LogP contribution in [0.2, 0.25) is 0 Å². The first kappa shape index (κ1) is 27.0. The third kappa shape index (κ3) is 5.02. The number of amides is 3. The molecule has 0 saturated carbocycles. The Kier molecular flexibility index (Phi) is 7.61. The number of aliphatic carboxylic acids is 1. The van der Waals surface area contributed by atoms with E-state index in [9.17, 15) is 32.7 Å². The summed E-state index contributed by atoms with van der Waals surface area (Å²) in [4.78, 5) is 38.4. The topological polar surface area (TPSA) is 122 Å². The monoisotopic (exact) mass is 533 g/mol. The highest BCUT2D eigenvalue weighted by Gasteiger charge is 2.53. The van der Waals surface area contributed by atoms with E-state index in [4.69, 9.17) is 4.74 Å². The van der Waals surface area contributed by atoms with Crippen molar-refractivity contribution in [1.29, 1.82) is 0 Å². The Hall–Kier alpha value is -4.09. The van der Waals surface area contributed by atoms with Crippen molar-refractivity contribution in [1.82, 2.24) is 15.4 Å². The van der Waals surface area contributed by atoms with E-state index in [-0.39, 0.29) is 43.3 Å². The lowest BCUT2D eigenvalue weighted by atomic mass is 9.83. The number of aryl methyl sites for hydroxylation is 1. The van der Waals surface area contributed by atoms with Crippen LogP contribution < -0.4 is 10.1 Å². The zero-order valence-electron chi connectivity index (χ0n) is 20.5. The average Bonchev–Trinajstić information content (AvgIpc) is 3.41. The van der Waals surface area contributed by atoms with Gasteiger partial charge in [-0.25, -0.2) is 4.79 Å². The van der Waals surface area contributed by atoms with Crippen LogP contribution in [0.4, 0.5) is 18.0 Å². The number of hydrogen-bond acceptors (Lipinski definition) is 6. The number of nitrogens with zero attached hydrogens (tertiary/aromatic N) is 2. The minimum absolute atomic E-state index is 0.0691. The van der Waals surface area contributed by atoms with E-state index in [2.05, 4.69) is 15.0 Å². The molecule has 1 saturated heterocycles. The van der Waals surface area contributed by atoms with Gasteiger partial charge in [0.15, 0.2) is 0 Å². The molecule has 202 valence electrons. The van der Waals surface area contributed by atoms with Crippen molar-refractivity contribution in [3.8, 4) is 5.75 Å². The quantitative estimate of drug-likeness (QED) is 0.266. The highest BCUT2D eigenvalue weighted by Crippen LogP contribution is 2.39. The van der Waals surface area contributed by atoms with Crippen LogP contribution in [0.25, 0.3) is 10.9 Å². The number of urea groups is 1. The molecule has 0 aliphatic carbocycles. The van der Waals surface area contributed by atoms with Gasteiger partial charge >= 0.3 is 18.2 Å². The van der Waals surface area contributed by atoms with Crippen LogP contribution in [-0.4, -0.2) is 46.2 Å². The van der Waals surface area contributed by atoms with Gasteiger partial charge in [0.1, 0.15) is 16.8 Å². The molecule has 1 unspecified atom stereocenters. The molecule has 1 atom stereocenters. The summed E-state index contributed by atoms with van der Waals surface area (Å²) in [6.07, 6.45) is -3.83. The lowest BCUT2D eigenvalue weighted by Gasteiger charge is -2.35. The SMILES string of the molecule is CCCc1c(OCCCN2C(=O)NC(=O)C2(CCC(=O)O)c2ccccc2)ccc2c(C(F)(F)F)onc12. The van der Waals surface area contributed by atoms with E-state index in [1.54, 1.807) is 30.3 Å². The van der Waals surface area contributed by atoms with Crippen LogP contribution in [0.1, 0.15) is 49.5 Å². The van der Waals surface area contributed by atoms with Crippen molar-refractivity contribution in [3.05, 3.63) is 59.4 Å². The number of nitrogens with one attached hydrogen (secondary N) is 1. The van der Waals surface area contributed by atoms with Gasteiger partial charge in [-0.05, 0) is 37.0 Å². The largest absolute Gasteiger partial charge is 0.493 e. The van der Waals surface area contributed by atoms with Crippen LogP contribution in [0.15, 0.2) is 47.0 Å². The van der Waals surface area contributed by atoms with Crippen molar-refractivity contribution >= 4 is 28.8 Å². The Morgan fingerprint density at radius 2 is 1.92 bits per heavy atom. The number of alkyl halides is 3. The highest BCUT2D eigenvalue weighted by molar-refractivity contribution is 6.07. The van der Waals surface area contributed by atoms with E-state index >= 15 is 0 Å². The van der Waals surface area contributed by atoms with E-state index in [1.165, 1.54) is 17.0 Å². The molecule has 3 amide bonds. The third-order valence-electron chi connectivity index (χ3n) is 6.51. The minimum atomic E-state index is -4.68. The number of imide groups is 1. The molecule has 4 rings (SSSR count). The smallest absolute Gasteiger partial charge is 0.453 e. The molecule has 2 heterocycles. The molecular formula is C26H26F3N3O6. The number of carbonyl (C=O) groups is 3. The van der Waals surface area contributed by atoms with Crippen LogP contribution in [0.3, 0.4) is 0 Å². The second-order valence-electron chi connectivity index (χ2n) is 8.93. The summed E-state index contributed by atoms with van der Waals surface area (Å²) in [7, 11) is 0. The number of benzene rings is 2. The van der Waals surface area contributed by atoms with E-state index in [0.717, 1.165) is 0 Å². The van der Waals surface area contributed by atoms with Gasteiger partial charge in [0.25, 0.3) is 5.91 Å². The summed E-state index contributed by atoms with van der Waals surface area (Å²) in [5.74, 6) is -2.52. The molecule has 0 radical (unpaired) electrons. The van der Waals surface area contributed by atoms with E-state index in [1.807, 2.05) is 6.92 Å². The van der Waals surface area contributed by atoms with Gasteiger partial charge in [-0.1, -0.05) is 48.8 Å². The molecule has 0 spiro atoms. The third-order valence-corrected chi connectivity index (χ3v) is 6.51. The van der Waals surface area contributed by atoms with Gasteiger partial charge in [0.05, 0.1) is 12.0 Å². The second kappa shape index (κ2) is 10.7. The first-order valence-corrected chi connectivity index (χ1v) is 12.1. The normalized spacial score (nSPS) is 17.7. The highest BCUT2D eigenvalue weighted by atomic mass is 19.4. The molecule has 1 aromatic heterocycles. The Labute approximate surface area is 215 Å². The van der Waals surface area contributed by atoms with Crippen LogP contribution in [0.5, 0.6) is 5.75 Å². The zero-order chi connectivity index (χ0) is 27.5. The molecule has 2 aromatic carbocycles. The zero-order valence-corrected chi connectivity index (χ0v) is 20.5. The molecule has 1 aliphatic heterocycles. The minimum Gasteiger partial charge on any atom is -0.493 e. The van der Waals surface area contributed by atoms with Gasteiger partial charge in [0.2, 0.25) is 5.76 Å². The molecule has 9 nitrogen and oxygen atoms in total. The van der Waals surface area contributed by atoms with Gasteiger partial charge in [-0.3, -0.25) is 14.9 Å². The molecular weight excluding hydrogens is 507 g/mol. The lowest BCUT2D eigenvalue weighted by molar-refractivity contribution is -0.154. The number of hydrogen-bond donors (Lipinski definition) is 2. The van der Waals surface area contributed by atoms with Gasteiger partial charge in [-0.2, -0.15) is 13.2 Å². The van der Waals surface area contributed by atoms with Gasteiger partial charge < -0.3 is 19.3 Å². The number of aromatic nitrogens is 1. The second-order valence-corrected chi connectivity index (χ2v) is 8.93. The number of carboxylic acid groups (broad SMARTS) is 1. The maximum atomic E-state index is 13.3. The molecule has 2 N–H and O–H groups in total. The van der Waals surface area contributed by atoms with Crippen molar-refractivity contribution in [2.45, 2.75) is 50.7 Å². The molecule has 1 aliphatic rings. The molecule has 1 fully saturated rings. The fraction of sp³-hybridized carbons (Fsp3) is 0.385. The Bertz CT molecular complexity index is 1340. The summed E-state index contributed by atoms with van der Waals surface area (Å²) in [6.45, 7) is 2.02. The number of ether oxygens (including phenoxy) is 1. The first-order chi connectivity index (χ1) is 18.1. The van der Waals surface area contributed by atoms with Crippen LogP contribution >= 0.6 is 0 Å². The Morgan fingerprint density at radius 3 is 2.58 bits per heavy atom. The van der Waals surface area contributed by atoms with Crippen LogP contribution in [0, 0.1) is 0 Å². The predicted molar refractivity (Wildman–Crippen MR) is 128 cm³/mol. The Morgan fingerprint density at radius 1 is 1.18 bits per heavy atom. The van der Waals surface area contributed by atoms with Gasteiger partial charge in [-0.15, -0.1) is 0 Å². The lowest BCUT2D eigenvalue weighted by Crippen LogP contribution is -2.48. The van der Waals surface area contributed by atoms with Crippen molar-refractivity contribution in [2.75, 3.05) is 13.2 Å². The summed E-state index contributed by atoms with van der Waals surface area (Å²) < 4.78 is 50.2. The number of carboxylic acids is 1. The first-order valence-electron chi connectivity index (χ1n) is 12.1. The maximum absolute atomic E-state index is 13.3. The number of halogens is 3. The van der Waals surface area contributed by atoms with Crippen molar-refractivity contribution in [3.63, 3.8) is 0 Å². The van der Waals surface area contributed by atoms with E-state index < -0.39 is 35.4 Å². The molecule has 38 heavy (non-hydrogen) atoms. The number of fused-ring (bicyclic) bond motifs is 1. The maximum Gasteiger partial charge on any atom is 0.453 e.